The van der Waals surface area contributed by atoms with Crippen LogP contribution in [0.2, 0.25) is 0 Å². The number of benzene rings is 2. The van der Waals surface area contributed by atoms with Crippen LogP contribution >= 0.6 is 0 Å². The fourth-order valence-electron chi connectivity index (χ4n) is 6.48. The Balaban J connectivity index is 0.000000300. The van der Waals surface area contributed by atoms with E-state index in [2.05, 4.69) is 23.6 Å². The van der Waals surface area contributed by atoms with E-state index in [4.69, 9.17) is 19.7 Å². The van der Waals surface area contributed by atoms with E-state index >= 15 is 0 Å². The van der Waals surface area contributed by atoms with E-state index in [1.807, 2.05) is 46.2 Å². The number of aliphatic carboxylic acids is 2. The molecular weight excluding hydrogens is 713 g/mol. The third-order valence-corrected chi connectivity index (χ3v) is 9.78. The molecule has 12 heteroatoms. The van der Waals surface area contributed by atoms with Gasteiger partial charge in [-0.1, -0.05) is 77.4 Å². The lowest BCUT2D eigenvalue weighted by molar-refractivity contribution is -0.140. The summed E-state index contributed by atoms with van der Waals surface area (Å²) in [6.45, 7) is 9.70. The summed E-state index contributed by atoms with van der Waals surface area (Å²) in [4.78, 5) is 53.9. The molecule has 2 aliphatic rings. The van der Waals surface area contributed by atoms with E-state index in [9.17, 15) is 19.2 Å². The van der Waals surface area contributed by atoms with Gasteiger partial charge < -0.3 is 39.3 Å². The first kappa shape index (κ1) is 45.4. The van der Waals surface area contributed by atoms with E-state index in [-0.39, 0.29) is 25.0 Å². The average molecular weight is 777 g/mol. The predicted molar refractivity (Wildman–Crippen MR) is 222 cm³/mol. The number of hydrogen-bond acceptors (Lipinski definition) is 8. The molecule has 2 aromatic rings. The number of carboxylic acid groups (broad SMARTS) is 2. The third kappa shape index (κ3) is 18.1. The highest BCUT2D eigenvalue weighted by molar-refractivity contribution is 5.88. The maximum atomic E-state index is 12.3. The number of anilines is 2. The van der Waals surface area contributed by atoms with E-state index < -0.39 is 11.9 Å². The topological polar surface area (TPSA) is 140 Å². The van der Waals surface area contributed by atoms with Crippen molar-refractivity contribution < 1.29 is 38.9 Å². The minimum Gasteiger partial charge on any atom is -0.482 e. The molecule has 0 radical (unpaired) electrons. The summed E-state index contributed by atoms with van der Waals surface area (Å²) in [5.74, 6) is -0.693. The quantitative estimate of drug-likeness (QED) is 0.0917. The highest BCUT2D eigenvalue weighted by Crippen LogP contribution is 2.22. The first-order valence-electron chi connectivity index (χ1n) is 20.5. The van der Waals surface area contributed by atoms with Crippen LogP contribution in [0.1, 0.15) is 90.9 Å². The van der Waals surface area contributed by atoms with Gasteiger partial charge in [-0.2, -0.15) is 0 Å². The van der Waals surface area contributed by atoms with Crippen molar-refractivity contribution in [2.45, 2.75) is 90.9 Å². The van der Waals surface area contributed by atoms with Crippen LogP contribution in [0.15, 0.2) is 72.8 Å². The van der Waals surface area contributed by atoms with Crippen molar-refractivity contribution >= 4 is 35.1 Å². The summed E-state index contributed by atoms with van der Waals surface area (Å²) in [5, 5.41) is 17.3. The van der Waals surface area contributed by atoms with Gasteiger partial charge >= 0.3 is 11.9 Å². The number of hydrogen-bond donors (Lipinski definition) is 2. The van der Waals surface area contributed by atoms with Crippen LogP contribution in [0.25, 0.3) is 0 Å². The normalized spacial score (nSPS) is 14.5. The van der Waals surface area contributed by atoms with Crippen molar-refractivity contribution in [3.8, 4) is 11.5 Å². The van der Waals surface area contributed by atoms with Gasteiger partial charge in [-0.25, -0.2) is 9.59 Å². The minimum atomic E-state index is -0.990. The lowest BCUT2D eigenvalue weighted by Gasteiger charge is -2.35. The number of unbranched alkanes of at least 4 members (excludes halogenated alkanes) is 10. The van der Waals surface area contributed by atoms with Crippen molar-refractivity contribution in [3.63, 3.8) is 0 Å². The molecule has 2 aromatic carbocycles. The summed E-state index contributed by atoms with van der Waals surface area (Å²) in [7, 11) is 0. The predicted octanol–water partition coefficient (Wildman–Crippen LogP) is 7.43. The SMILES string of the molecule is CCCCCCC/C=C/C(=O)N1CCN(c2ccc(OCC(=O)O)cc2)CC1.CCCCCCC/C=C/C(=O)N1CCN(c2ccc(OCC(=O)O)cc2)CC1. The van der Waals surface area contributed by atoms with Gasteiger partial charge in [0.1, 0.15) is 11.5 Å². The van der Waals surface area contributed by atoms with Gasteiger partial charge in [0, 0.05) is 63.7 Å². The monoisotopic (exact) mass is 776 g/mol. The molecule has 308 valence electrons. The van der Waals surface area contributed by atoms with Crippen LogP contribution < -0.4 is 19.3 Å². The van der Waals surface area contributed by atoms with Gasteiger partial charge in [0.25, 0.3) is 0 Å². The maximum Gasteiger partial charge on any atom is 0.341 e. The Labute approximate surface area is 333 Å². The molecule has 12 nitrogen and oxygen atoms in total. The summed E-state index contributed by atoms with van der Waals surface area (Å²) in [6, 6.07) is 14.8. The van der Waals surface area contributed by atoms with Crippen LogP contribution in [0, 0.1) is 0 Å². The number of amides is 2. The van der Waals surface area contributed by atoms with Crippen LogP contribution in [-0.4, -0.2) is 109 Å². The van der Waals surface area contributed by atoms with E-state index in [1.54, 1.807) is 36.4 Å². The Hall–Kier alpha value is -5.00. The summed E-state index contributed by atoms with van der Waals surface area (Å²) >= 11 is 0. The number of rotatable bonds is 22. The Morgan fingerprint density at radius 2 is 0.857 bits per heavy atom. The minimum absolute atomic E-state index is 0.102. The molecule has 56 heavy (non-hydrogen) atoms. The fourth-order valence-corrected chi connectivity index (χ4v) is 6.48. The summed E-state index contributed by atoms with van der Waals surface area (Å²) < 4.78 is 10.3. The smallest absolute Gasteiger partial charge is 0.341 e. The Bertz CT molecular complexity index is 1380. The van der Waals surface area contributed by atoms with Crippen LogP contribution in [0.3, 0.4) is 0 Å². The molecule has 4 rings (SSSR count). The standard InChI is InChI=1S/2C22H32N2O4/c2*1-2-3-4-5-6-7-8-9-21(25)24-16-14-23(15-17-24)19-10-12-20(13-11-19)28-18-22(26)27/h2*8-13H,2-7,14-18H2,1H3,(H,26,27)/b2*9-8+. The van der Waals surface area contributed by atoms with Gasteiger partial charge in [0.2, 0.25) is 11.8 Å². The fraction of sp³-hybridized carbons (Fsp3) is 0.545. The Kier molecular flexibility index (Phi) is 21.7. The lowest BCUT2D eigenvalue weighted by atomic mass is 10.1. The molecule has 0 atom stereocenters. The van der Waals surface area contributed by atoms with Gasteiger partial charge in [-0.05, 0) is 86.4 Å². The molecule has 0 bridgehead atoms. The van der Waals surface area contributed by atoms with E-state index in [0.717, 1.165) is 63.2 Å². The first-order chi connectivity index (χ1) is 27.2. The zero-order valence-electron chi connectivity index (χ0n) is 33.6. The lowest BCUT2D eigenvalue weighted by Crippen LogP contribution is -2.48. The van der Waals surface area contributed by atoms with E-state index in [1.165, 1.54) is 51.4 Å². The molecule has 0 spiro atoms. The molecule has 2 amide bonds. The second-order valence-corrected chi connectivity index (χ2v) is 14.2. The zero-order chi connectivity index (χ0) is 40.4. The summed E-state index contributed by atoms with van der Waals surface area (Å²) in [6.07, 6.45) is 21.9. The van der Waals surface area contributed by atoms with Gasteiger partial charge in [-0.3, -0.25) is 9.59 Å². The van der Waals surface area contributed by atoms with Crippen LogP contribution in [0.5, 0.6) is 11.5 Å². The zero-order valence-corrected chi connectivity index (χ0v) is 33.6. The maximum absolute atomic E-state index is 12.3. The molecule has 2 heterocycles. The third-order valence-electron chi connectivity index (χ3n) is 9.78. The molecule has 0 aliphatic carbocycles. The number of carboxylic acids is 2. The molecular formula is C44H64N4O8. The highest BCUT2D eigenvalue weighted by Gasteiger charge is 2.21. The Morgan fingerprint density at radius 1 is 0.518 bits per heavy atom. The van der Waals surface area contributed by atoms with E-state index in [0.29, 0.717) is 37.7 Å². The van der Waals surface area contributed by atoms with Crippen molar-refractivity contribution in [1.29, 1.82) is 0 Å². The largest absolute Gasteiger partial charge is 0.482 e. The van der Waals surface area contributed by atoms with Crippen molar-refractivity contribution in [2.24, 2.45) is 0 Å². The molecule has 2 saturated heterocycles. The number of carbonyl (C=O) groups excluding carboxylic acids is 2. The first-order valence-corrected chi connectivity index (χ1v) is 20.5. The van der Waals surface area contributed by atoms with Crippen LogP contribution in [0.4, 0.5) is 11.4 Å². The molecule has 2 N–H and O–H groups in total. The number of ether oxygens (including phenoxy) is 2. The van der Waals surface area contributed by atoms with Crippen LogP contribution in [-0.2, 0) is 19.2 Å². The molecule has 0 unspecified atom stereocenters. The van der Waals surface area contributed by atoms with Gasteiger partial charge in [0.15, 0.2) is 13.2 Å². The number of nitrogens with zero attached hydrogens (tertiary/aromatic N) is 4. The highest BCUT2D eigenvalue weighted by atomic mass is 16.5. The number of carbonyl (C=O) groups is 4. The molecule has 0 aromatic heterocycles. The molecule has 0 saturated carbocycles. The van der Waals surface area contributed by atoms with Crippen molar-refractivity contribution in [3.05, 3.63) is 72.8 Å². The second-order valence-electron chi connectivity index (χ2n) is 14.2. The van der Waals surface area contributed by atoms with Gasteiger partial charge in [0.05, 0.1) is 0 Å². The summed E-state index contributed by atoms with van der Waals surface area (Å²) in [5.41, 5.74) is 2.11. The average Bonchev–Trinajstić information content (AvgIpc) is 3.22. The van der Waals surface area contributed by atoms with Gasteiger partial charge in [-0.15, -0.1) is 0 Å². The number of allylic oxidation sites excluding steroid dienone is 2. The Morgan fingerprint density at radius 3 is 1.18 bits per heavy atom. The molecule has 2 aliphatic heterocycles. The molecule has 2 fully saturated rings. The number of piperazine rings is 2. The second kappa shape index (κ2) is 26.7. The van der Waals surface area contributed by atoms with Crippen molar-refractivity contribution in [1.82, 2.24) is 9.80 Å². The van der Waals surface area contributed by atoms with Crippen molar-refractivity contribution in [2.75, 3.05) is 75.4 Å².